The van der Waals surface area contributed by atoms with E-state index in [0.29, 0.717) is 13.0 Å². The van der Waals surface area contributed by atoms with Crippen molar-refractivity contribution in [1.29, 1.82) is 0 Å². The first kappa shape index (κ1) is 15.7. The Labute approximate surface area is 122 Å². The van der Waals surface area contributed by atoms with Crippen molar-refractivity contribution in [2.75, 3.05) is 6.54 Å². The number of rotatable bonds is 5. The highest BCUT2D eigenvalue weighted by Crippen LogP contribution is 2.23. The molecular weight excluding hydrogens is 280 g/mol. The number of hydrogen-bond donors (Lipinski definition) is 2. The molecule has 2 unspecified atom stereocenters. The lowest BCUT2D eigenvalue weighted by molar-refractivity contribution is -0.0498. The van der Waals surface area contributed by atoms with Crippen LogP contribution in [0.5, 0.6) is 5.75 Å². The molecule has 0 spiro atoms. The molecule has 1 fully saturated rings. The van der Waals surface area contributed by atoms with Gasteiger partial charge in [0.2, 0.25) is 0 Å². The van der Waals surface area contributed by atoms with E-state index in [4.69, 9.17) is 0 Å². The minimum absolute atomic E-state index is 0.0364. The Morgan fingerprint density at radius 3 is 2.95 bits per heavy atom. The third-order valence-corrected chi connectivity index (χ3v) is 3.63. The first-order chi connectivity index (χ1) is 10.0. The van der Waals surface area contributed by atoms with E-state index < -0.39 is 6.61 Å². The average Bonchev–Trinajstić information content (AvgIpc) is 2.44. The van der Waals surface area contributed by atoms with Gasteiger partial charge in [0.1, 0.15) is 5.75 Å². The molecule has 0 saturated heterocycles. The lowest BCUT2D eigenvalue weighted by Gasteiger charge is -2.25. The maximum Gasteiger partial charge on any atom is 0.387 e. The topological polar surface area (TPSA) is 58.6 Å². The summed E-state index contributed by atoms with van der Waals surface area (Å²) in [5, 5.41) is 12.4. The number of hydrogen-bond acceptors (Lipinski definition) is 3. The van der Waals surface area contributed by atoms with Gasteiger partial charge in [0.05, 0.1) is 6.10 Å². The second kappa shape index (κ2) is 7.36. The van der Waals surface area contributed by atoms with E-state index >= 15 is 0 Å². The van der Waals surface area contributed by atoms with Crippen molar-refractivity contribution < 1.29 is 23.4 Å². The number of nitrogens with one attached hydrogen (secondary N) is 1. The van der Waals surface area contributed by atoms with Crippen LogP contribution in [0.3, 0.4) is 0 Å². The molecule has 1 amide bonds. The molecule has 2 N–H and O–H groups in total. The van der Waals surface area contributed by atoms with Gasteiger partial charge in [0.15, 0.2) is 0 Å². The second-order valence-corrected chi connectivity index (χ2v) is 5.30. The molecule has 1 saturated carbocycles. The van der Waals surface area contributed by atoms with Crippen LogP contribution in [0.2, 0.25) is 0 Å². The molecule has 0 aromatic heterocycles. The number of aliphatic hydroxyl groups excluding tert-OH is 1. The molecule has 2 atom stereocenters. The van der Waals surface area contributed by atoms with Gasteiger partial charge < -0.3 is 15.2 Å². The van der Waals surface area contributed by atoms with Crippen molar-refractivity contribution in [2.45, 2.75) is 38.4 Å². The van der Waals surface area contributed by atoms with Crippen LogP contribution >= 0.6 is 0 Å². The molecular formula is C15H19F2NO3. The number of alkyl halides is 2. The van der Waals surface area contributed by atoms with Crippen LogP contribution in [0.25, 0.3) is 0 Å². The van der Waals surface area contributed by atoms with Crippen molar-refractivity contribution in [2.24, 2.45) is 5.92 Å². The highest BCUT2D eigenvalue weighted by atomic mass is 19.3. The summed E-state index contributed by atoms with van der Waals surface area (Å²) in [6, 6.07) is 5.71. The SMILES string of the molecule is O=C(NCC1CCCC(O)C1)c1cccc(OC(F)F)c1. The summed E-state index contributed by atoms with van der Waals surface area (Å²) in [4.78, 5) is 12.0. The molecule has 1 aromatic rings. The summed E-state index contributed by atoms with van der Waals surface area (Å²) >= 11 is 0. The van der Waals surface area contributed by atoms with E-state index in [0.717, 1.165) is 19.3 Å². The lowest BCUT2D eigenvalue weighted by atomic mass is 9.87. The Morgan fingerprint density at radius 1 is 1.43 bits per heavy atom. The van der Waals surface area contributed by atoms with E-state index in [1.54, 1.807) is 6.07 Å². The van der Waals surface area contributed by atoms with Crippen LogP contribution in [0, 0.1) is 5.92 Å². The number of carbonyl (C=O) groups excluding carboxylic acids is 1. The van der Waals surface area contributed by atoms with Crippen molar-refractivity contribution in [3.8, 4) is 5.75 Å². The summed E-state index contributed by atoms with van der Waals surface area (Å²) in [5.74, 6) is -0.0984. The zero-order valence-corrected chi connectivity index (χ0v) is 11.6. The average molecular weight is 299 g/mol. The third-order valence-electron chi connectivity index (χ3n) is 3.63. The van der Waals surface area contributed by atoms with E-state index in [1.165, 1.54) is 18.2 Å². The normalized spacial score (nSPS) is 22.1. The van der Waals surface area contributed by atoms with Crippen LogP contribution in [0.4, 0.5) is 8.78 Å². The summed E-state index contributed by atoms with van der Waals surface area (Å²) in [7, 11) is 0. The first-order valence-corrected chi connectivity index (χ1v) is 7.05. The molecule has 0 bridgehead atoms. The van der Waals surface area contributed by atoms with Crippen LogP contribution < -0.4 is 10.1 Å². The second-order valence-electron chi connectivity index (χ2n) is 5.30. The number of amides is 1. The molecule has 0 aliphatic heterocycles. The highest BCUT2D eigenvalue weighted by molar-refractivity contribution is 5.94. The molecule has 0 radical (unpaired) electrons. The fraction of sp³-hybridized carbons (Fsp3) is 0.533. The number of benzene rings is 1. The summed E-state index contributed by atoms with van der Waals surface area (Å²) in [6.07, 6.45) is 3.15. The van der Waals surface area contributed by atoms with Gasteiger partial charge in [-0.1, -0.05) is 12.5 Å². The maximum atomic E-state index is 12.1. The van der Waals surface area contributed by atoms with Gasteiger partial charge in [-0.25, -0.2) is 0 Å². The minimum Gasteiger partial charge on any atom is -0.435 e. The Bertz CT molecular complexity index is 482. The van der Waals surface area contributed by atoms with Gasteiger partial charge in [0.25, 0.3) is 5.91 Å². The van der Waals surface area contributed by atoms with Gasteiger partial charge in [-0.3, -0.25) is 4.79 Å². The molecule has 1 aliphatic rings. The minimum atomic E-state index is -2.91. The van der Waals surface area contributed by atoms with Crippen LogP contribution in [0.1, 0.15) is 36.0 Å². The van der Waals surface area contributed by atoms with Crippen LogP contribution in [0.15, 0.2) is 24.3 Å². The van der Waals surface area contributed by atoms with E-state index in [-0.39, 0.29) is 29.2 Å². The lowest BCUT2D eigenvalue weighted by Crippen LogP contribution is -2.32. The number of aliphatic hydroxyl groups is 1. The first-order valence-electron chi connectivity index (χ1n) is 7.05. The predicted octanol–water partition coefficient (Wildman–Crippen LogP) is 2.57. The molecule has 1 aromatic carbocycles. The van der Waals surface area contributed by atoms with Gasteiger partial charge in [-0.05, 0) is 43.4 Å². The third kappa shape index (κ3) is 4.97. The quantitative estimate of drug-likeness (QED) is 0.878. The standard InChI is InChI=1S/C15H19F2NO3/c16-15(17)21-13-6-2-4-11(8-13)14(20)18-9-10-3-1-5-12(19)7-10/h2,4,6,8,10,12,15,19H,1,3,5,7,9H2,(H,18,20). The highest BCUT2D eigenvalue weighted by Gasteiger charge is 2.20. The molecule has 4 nitrogen and oxygen atoms in total. The van der Waals surface area contributed by atoms with Crippen molar-refractivity contribution in [3.05, 3.63) is 29.8 Å². The zero-order chi connectivity index (χ0) is 15.2. The molecule has 116 valence electrons. The predicted molar refractivity (Wildman–Crippen MR) is 73.4 cm³/mol. The molecule has 21 heavy (non-hydrogen) atoms. The van der Waals surface area contributed by atoms with Gasteiger partial charge in [0, 0.05) is 12.1 Å². The van der Waals surface area contributed by atoms with E-state index in [1.807, 2.05) is 0 Å². The fourth-order valence-corrected chi connectivity index (χ4v) is 2.60. The summed E-state index contributed by atoms with van der Waals surface area (Å²) in [6.45, 7) is -2.43. The monoisotopic (exact) mass is 299 g/mol. The molecule has 6 heteroatoms. The van der Waals surface area contributed by atoms with Gasteiger partial charge in [-0.15, -0.1) is 0 Å². The van der Waals surface area contributed by atoms with Gasteiger partial charge >= 0.3 is 6.61 Å². The number of halogens is 2. The fourth-order valence-electron chi connectivity index (χ4n) is 2.60. The molecule has 1 aliphatic carbocycles. The Kier molecular flexibility index (Phi) is 5.50. The van der Waals surface area contributed by atoms with Crippen molar-refractivity contribution in [1.82, 2.24) is 5.32 Å². The maximum absolute atomic E-state index is 12.1. The summed E-state index contributed by atoms with van der Waals surface area (Å²) < 4.78 is 28.5. The van der Waals surface area contributed by atoms with Crippen molar-refractivity contribution in [3.63, 3.8) is 0 Å². The Hall–Kier alpha value is -1.69. The number of carbonyl (C=O) groups is 1. The number of ether oxygens (including phenoxy) is 1. The van der Waals surface area contributed by atoms with E-state index in [9.17, 15) is 18.7 Å². The van der Waals surface area contributed by atoms with Crippen LogP contribution in [-0.2, 0) is 0 Å². The van der Waals surface area contributed by atoms with Gasteiger partial charge in [-0.2, -0.15) is 8.78 Å². The zero-order valence-electron chi connectivity index (χ0n) is 11.6. The molecule has 0 heterocycles. The summed E-state index contributed by atoms with van der Waals surface area (Å²) in [5.41, 5.74) is 0.282. The Balaban J connectivity index is 1.88. The van der Waals surface area contributed by atoms with Crippen molar-refractivity contribution >= 4 is 5.91 Å². The van der Waals surface area contributed by atoms with E-state index in [2.05, 4.69) is 10.1 Å². The Morgan fingerprint density at radius 2 is 2.24 bits per heavy atom. The van der Waals surface area contributed by atoms with Crippen LogP contribution in [-0.4, -0.2) is 30.3 Å². The smallest absolute Gasteiger partial charge is 0.387 e. The largest absolute Gasteiger partial charge is 0.435 e. The molecule has 2 rings (SSSR count).